The highest BCUT2D eigenvalue weighted by atomic mass is 19.1. The molecule has 3 aromatic rings. The van der Waals surface area contributed by atoms with Crippen LogP contribution in [0.1, 0.15) is 28.9 Å². The van der Waals surface area contributed by atoms with Gasteiger partial charge in [0.1, 0.15) is 12.7 Å². The molecule has 2 aromatic carbocycles. The molecular weight excluding hydrogens is 335 g/mol. The van der Waals surface area contributed by atoms with E-state index in [4.69, 9.17) is 4.74 Å². The molecule has 0 aliphatic heterocycles. The summed E-state index contributed by atoms with van der Waals surface area (Å²) >= 11 is 0. The van der Waals surface area contributed by atoms with E-state index in [2.05, 4.69) is 10.1 Å². The quantitative estimate of drug-likeness (QED) is 0.706. The SMILES string of the molecule is COc1ccc(C(=O)N(C)[C@@H](C)c2ccc(-n3cncn3)cc2)cc1F. The summed E-state index contributed by atoms with van der Waals surface area (Å²) in [6.07, 6.45) is 3.09. The first-order valence-electron chi connectivity index (χ1n) is 8.07. The Morgan fingerprint density at radius 3 is 2.54 bits per heavy atom. The topological polar surface area (TPSA) is 60.2 Å². The molecule has 134 valence electrons. The van der Waals surface area contributed by atoms with Gasteiger partial charge in [0.2, 0.25) is 0 Å². The van der Waals surface area contributed by atoms with Gasteiger partial charge >= 0.3 is 0 Å². The molecule has 26 heavy (non-hydrogen) atoms. The Morgan fingerprint density at radius 2 is 1.96 bits per heavy atom. The number of amides is 1. The molecule has 0 saturated carbocycles. The number of benzene rings is 2. The normalized spacial score (nSPS) is 11.8. The summed E-state index contributed by atoms with van der Waals surface area (Å²) in [5.41, 5.74) is 2.11. The maximum absolute atomic E-state index is 13.9. The van der Waals surface area contributed by atoms with Crippen molar-refractivity contribution in [2.24, 2.45) is 0 Å². The first-order valence-corrected chi connectivity index (χ1v) is 8.07. The molecule has 0 spiro atoms. The van der Waals surface area contributed by atoms with Gasteiger partial charge in [0.15, 0.2) is 11.6 Å². The molecule has 0 aliphatic rings. The predicted molar refractivity (Wildman–Crippen MR) is 94.8 cm³/mol. The highest BCUT2D eigenvalue weighted by molar-refractivity contribution is 5.94. The number of carbonyl (C=O) groups excluding carboxylic acids is 1. The Kier molecular flexibility index (Phi) is 4.97. The minimum absolute atomic E-state index is 0.112. The van der Waals surface area contributed by atoms with E-state index in [1.165, 1.54) is 25.6 Å². The zero-order valence-corrected chi connectivity index (χ0v) is 14.8. The van der Waals surface area contributed by atoms with Crippen molar-refractivity contribution in [3.05, 3.63) is 72.1 Å². The van der Waals surface area contributed by atoms with E-state index < -0.39 is 5.82 Å². The first kappa shape index (κ1) is 17.6. The lowest BCUT2D eigenvalue weighted by molar-refractivity contribution is 0.0742. The second-order valence-electron chi connectivity index (χ2n) is 5.87. The fourth-order valence-corrected chi connectivity index (χ4v) is 2.65. The molecule has 1 amide bonds. The Labute approximate surface area is 150 Å². The van der Waals surface area contributed by atoms with E-state index >= 15 is 0 Å². The first-order chi connectivity index (χ1) is 12.5. The third-order valence-corrected chi connectivity index (χ3v) is 4.36. The van der Waals surface area contributed by atoms with Gasteiger partial charge in [-0.25, -0.2) is 14.1 Å². The average molecular weight is 354 g/mol. The molecule has 1 heterocycles. The lowest BCUT2D eigenvalue weighted by atomic mass is 10.1. The van der Waals surface area contributed by atoms with Crippen molar-refractivity contribution in [1.82, 2.24) is 19.7 Å². The van der Waals surface area contributed by atoms with Crippen molar-refractivity contribution in [3.63, 3.8) is 0 Å². The third kappa shape index (κ3) is 3.42. The van der Waals surface area contributed by atoms with Gasteiger partial charge in [-0.1, -0.05) is 12.1 Å². The van der Waals surface area contributed by atoms with Gasteiger partial charge in [-0.3, -0.25) is 4.79 Å². The number of rotatable bonds is 5. The Bertz CT molecular complexity index is 894. The van der Waals surface area contributed by atoms with Crippen molar-refractivity contribution in [2.75, 3.05) is 14.2 Å². The molecule has 0 unspecified atom stereocenters. The van der Waals surface area contributed by atoms with E-state index in [1.54, 1.807) is 29.0 Å². The number of halogens is 1. The minimum atomic E-state index is -0.559. The Hall–Kier alpha value is -3.22. The summed E-state index contributed by atoms with van der Waals surface area (Å²) in [6.45, 7) is 1.92. The molecule has 0 radical (unpaired) electrons. The molecule has 0 aliphatic carbocycles. The minimum Gasteiger partial charge on any atom is -0.494 e. The molecule has 0 bridgehead atoms. The number of hydrogen-bond donors (Lipinski definition) is 0. The monoisotopic (exact) mass is 354 g/mol. The number of aromatic nitrogens is 3. The molecule has 1 atom stereocenters. The zero-order chi connectivity index (χ0) is 18.7. The highest BCUT2D eigenvalue weighted by Crippen LogP contribution is 2.24. The number of hydrogen-bond acceptors (Lipinski definition) is 4. The summed E-state index contributed by atoms with van der Waals surface area (Å²) in [5.74, 6) is -0.711. The molecular formula is C19H19FN4O2. The highest BCUT2D eigenvalue weighted by Gasteiger charge is 2.20. The van der Waals surface area contributed by atoms with Gasteiger partial charge in [-0.2, -0.15) is 5.10 Å². The van der Waals surface area contributed by atoms with E-state index in [1.807, 2.05) is 31.2 Å². The molecule has 3 rings (SSSR count). The summed E-state index contributed by atoms with van der Waals surface area (Å²) in [5, 5.41) is 4.08. The van der Waals surface area contributed by atoms with Crippen LogP contribution >= 0.6 is 0 Å². The van der Waals surface area contributed by atoms with Crippen molar-refractivity contribution >= 4 is 5.91 Å². The van der Waals surface area contributed by atoms with Gasteiger partial charge in [-0.05, 0) is 42.8 Å². The summed E-state index contributed by atoms with van der Waals surface area (Å²) in [7, 11) is 3.08. The largest absolute Gasteiger partial charge is 0.494 e. The van der Waals surface area contributed by atoms with Crippen LogP contribution in [0, 0.1) is 5.82 Å². The summed E-state index contributed by atoms with van der Waals surface area (Å²) in [6, 6.07) is 11.7. The Balaban J connectivity index is 1.77. The van der Waals surface area contributed by atoms with Gasteiger partial charge < -0.3 is 9.64 Å². The van der Waals surface area contributed by atoms with Crippen molar-refractivity contribution in [1.29, 1.82) is 0 Å². The second kappa shape index (κ2) is 7.35. The maximum atomic E-state index is 13.9. The van der Waals surface area contributed by atoms with Crippen LogP contribution in [0.25, 0.3) is 5.69 Å². The smallest absolute Gasteiger partial charge is 0.254 e. The molecule has 0 N–H and O–H groups in total. The van der Waals surface area contributed by atoms with Gasteiger partial charge in [-0.15, -0.1) is 0 Å². The maximum Gasteiger partial charge on any atom is 0.254 e. The van der Waals surface area contributed by atoms with Crippen molar-refractivity contribution in [2.45, 2.75) is 13.0 Å². The molecule has 1 aromatic heterocycles. The molecule has 6 nitrogen and oxygen atoms in total. The van der Waals surface area contributed by atoms with Gasteiger partial charge in [0.05, 0.1) is 18.8 Å². The summed E-state index contributed by atoms with van der Waals surface area (Å²) < 4.78 is 20.4. The zero-order valence-electron chi connectivity index (χ0n) is 14.8. The van der Waals surface area contributed by atoms with Gasteiger partial charge in [0, 0.05) is 12.6 Å². The van der Waals surface area contributed by atoms with E-state index in [9.17, 15) is 9.18 Å². The number of ether oxygens (including phenoxy) is 1. The van der Waals surface area contributed by atoms with Crippen LogP contribution < -0.4 is 4.74 Å². The van der Waals surface area contributed by atoms with Crippen LogP contribution in [0.2, 0.25) is 0 Å². The molecule has 0 fully saturated rings. The summed E-state index contributed by atoms with van der Waals surface area (Å²) in [4.78, 5) is 18.2. The van der Waals surface area contributed by atoms with Crippen molar-refractivity contribution in [3.8, 4) is 11.4 Å². The second-order valence-corrected chi connectivity index (χ2v) is 5.87. The fraction of sp³-hybridized carbons (Fsp3) is 0.211. The fourth-order valence-electron chi connectivity index (χ4n) is 2.65. The van der Waals surface area contributed by atoms with E-state index in [0.717, 1.165) is 11.3 Å². The van der Waals surface area contributed by atoms with E-state index in [0.29, 0.717) is 0 Å². The number of methoxy groups -OCH3 is 1. The predicted octanol–water partition coefficient (Wildman–Crippen LogP) is 3.25. The third-order valence-electron chi connectivity index (χ3n) is 4.36. The van der Waals surface area contributed by atoms with Gasteiger partial charge in [0.25, 0.3) is 5.91 Å². The molecule has 7 heteroatoms. The number of nitrogens with zero attached hydrogens (tertiary/aromatic N) is 4. The molecule has 0 saturated heterocycles. The standard InChI is InChI=1S/C19H19FN4O2/c1-13(14-4-7-16(8-5-14)24-12-21-11-22-24)23(2)19(25)15-6-9-18(26-3)17(20)10-15/h4-13H,1-3H3/t13-/m0/s1. The average Bonchev–Trinajstić information content (AvgIpc) is 3.21. The van der Waals surface area contributed by atoms with Crippen LogP contribution in [0.3, 0.4) is 0 Å². The number of carbonyl (C=O) groups is 1. The van der Waals surface area contributed by atoms with Crippen LogP contribution in [-0.2, 0) is 0 Å². The van der Waals surface area contributed by atoms with Crippen LogP contribution in [0.4, 0.5) is 4.39 Å². The van der Waals surface area contributed by atoms with Crippen LogP contribution in [0.15, 0.2) is 55.1 Å². The van der Waals surface area contributed by atoms with E-state index in [-0.39, 0.29) is 23.3 Å². The van der Waals surface area contributed by atoms with Crippen LogP contribution in [0.5, 0.6) is 5.75 Å². The lowest BCUT2D eigenvalue weighted by Gasteiger charge is -2.25. The van der Waals surface area contributed by atoms with Crippen molar-refractivity contribution < 1.29 is 13.9 Å². The lowest BCUT2D eigenvalue weighted by Crippen LogP contribution is -2.29. The van der Waals surface area contributed by atoms with Crippen LogP contribution in [-0.4, -0.2) is 39.7 Å². The Morgan fingerprint density at radius 1 is 1.23 bits per heavy atom.